The maximum absolute atomic E-state index is 12.7. The number of aldehydes is 1. The van der Waals surface area contributed by atoms with Crippen LogP contribution >= 0.6 is 0 Å². The molecule has 0 atom stereocenters. The first-order valence-electron chi connectivity index (χ1n) is 12.5. The van der Waals surface area contributed by atoms with Gasteiger partial charge in [0.1, 0.15) is 23.7 Å². The number of carbonyl (C=O) groups excluding carboxylic acids is 2. The van der Waals surface area contributed by atoms with Crippen molar-refractivity contribution in [1.82, 2.24) is 24.8 Å². The number of ketones is 1. The highest BCUT2D eigenvalue weighted by Crippen LogP contribution is 2.30. The van der Waals surface area contributed by atoms with Gasteiger partial charge in [0, 0.05) is 39.2 Å². The van der Waals surface area contributed by atoms with Crippen molar-refractivity contribution in [3.8, 4) is 11.3 Å². The number of piperidine rings is 1. The van der Waals surface area contributed by atoms with Crippen molar-refractivity contribution in [3.05, 3.63) is 77.4 Å². The molecule has 4 heterocycles. The molecule has 2 aromatic carbocycles. The largest absolute Gasteiger partial charge is 0.384 e. The Balaban J connectivity index is 0.000000163. The van der Waals surface area contributed by atoms with E-state index < -0.39 is 0 Å². The molecule has 3 aromatic heterocycles. The van der Waals surface area contributed by atoms with E-state index in [-0.39, 0.29) is 17.5 Å². The van der Waals surface area contributed by atoms with E-state index in [2.05, 4.69) is 31.9 Å². The maximum Gasteiger partial charge on any atom is 0.180 e. The summed E-state index contributed by atoms with van der Waals surface area (Å²) in [6.45, 7) is 3.82. The van der Waals surface area contributed by atoms with Crippen molar-refractivity contribution in [2.45, 2.75) is 19.8 Å². The van der Waals surface area contributed by atoms with Gasteiger partial charge in [-0.2, -0.15) is 0 Å². The summed E-state index contributed by atoms with van der Waals surface area (Å²) in [5.41, 5.74) is 11.3. The Labute approximate surface area is 219 Å². The van der Waals surface area contributed by atoms with Gasteiger partial charge in [-0.25, -0.2) is 14.4 Å². The lowest BCUT2D eigenvalue weighted by atomic mass is 9.89. The van der Waals surface area contributed by atoms with E-state index in [4.69, 9.17) is 5.73 Å². The van der Waals surface area contributed by atoms with E-state index in [1.165, 1.54) is 12.1 Å². The van der Waals surface area contributed by atoms with Gasteiger partial charge in [0.2, 0.25) is 0 Å². The number of nitrogen functional groups attached to an aromatic ring is 1. The number of fused-ring (bicyclic) bond motifs is 2. The van der Waals surface area contributed by atoms with Crippen LogP contribution in [-0.4, -0.2) is 57.0 Å². The van der Waals surface area contributed by atoms with E-state index >= 15 is 0 Å². The number of pyridine rings is 1. The fraction of sp³-hybridized carbons (Fsp3) is 0.241. The number of H-pyrrole nitrogens is 2. The summed E-state index contributed by atoms with van der Waals surface area (Å²) in [6.07, 6.45) is 2.65. The molecule has 5 aromatic rings. The van der Waals surface area contributed by atoms with E-state index in [9.17, 15) is 14.0 Å². The number of aromatic amines is 2. The molecule has 0 unspecified atom stereocenters. The molecule has 194 valence electrons. The molecule has 0 saturated carbocycles. The number of carbonyl (C=O) groups is 2. The Hall–Kier alpha value is -4.37. The van der Waals surface area contributed by atoms with Crippen LogP contribution < -0.4 is 5.73 Å². The van der Waals surface area contributed by atoms with Crippen molar-refractivity contribution in [2.24, 2.45) is 5.92 Å². The molecule has 0 aliphatic carbocycles. The Morgan fingerprint density at radius 3 is 2.50 bits per heavy atom. The highest BCUT2D eigenvalue weighted by atomic mass is 19.1. The monoisotopic (exact) mass is 512 g/mol. The summed E-state index contributed by atoms with van der Waals surface area (Å²) in [6, 6.07) is 15.2. The summed E-state index contributed by atoms with van der Waals surface area (Å²) >= 11 is 0. The number of aromatic nitrogens is 4. The fourth-order valence-corrected chi connectivity index (χ4v) is 4.82. The number of benzene rings is 2. The number of likely N-dealkylation sites (tertiary alicyclic amines) is 1. The number of nitrogens with one attached hydrogen (secondary N) is 2. The third-order valence-corrected chi connectivity index (χ3v) is 6.89. The van der Waals surface area contributed by atoms with Gasteiger partial charge in [-0.3, -0.25) is 9.59 Å². The first-order valence-corrected chi connectivity index (χ1v) is 12.5. The molecule has 8 nitrogen and oxygen atoms in total. The van der Waals surface area contributed by atoms with Crippen molar-refractivity contribution < 1.29 is 14.0 Å². The van der Waals surface area contributed by atoms with Gasteiger partial charge in [0.25, 0.3) is 0 Å². The van der Waals surface area contributed by atoms with Crippen molar-refractivity contribution in [2.75, 3.05) is 25.9 Å². The minimum Gasteiger partial charge on any atom is -0.384 e. The van der Waals surface area contributed by atoms with Gasteiger partial charge in [-0.15, -0.1) is 0 Å². The summed E-state index contributed by atoms with van der Waals surface area (Å²) in [5, 5.41) is 1.03. The van der Waals surface area contributed by atoms with Crippen molar-refractivity contribution in [1.29, 1.82) is 0 Å². The first-order chi connectivity index (χ1) is 18.3. The van der Waals surface area contributed by atoms with Gasteiger partial charge >= 0.3 is 0 Å². The number of halogens is 1. The van der Waals surface area contributed by atoms with E-state index in [1.54, 1.807) is 18.2 Å². The lowest BCUT2D eigenvalue weighted by Crippen LogP contribution is -2.33. The molecule has 4 N–H and O–H groups in total. The number of rotatable bonds is 4. The zero-order valence-corrected chi connectivity index (χ0v) is 21.3. The zero-order chi connectivity index (χ0) is 26.8. The average molecular weight is 513 g/mol. The van der Waals surface area contributed by atoms with Crippen LogP contribution in [0.2, 0.25) is 0 Å². The fourth-order valence-electron chi connectivity index (χ4n) is 4.82. The molecule has 0 spiro atoms. The Bertz CT molecular complexity index is 1610. The summed E-state index contributed by atoms with van der Waals surface area (Å²) in [4.78, 5) is 40.3. The third-order valence-electron chi connectivity index (χ3n) is 6.89. The molecule has 1 fully saturated rings. The third kappa shape index (κ3) is 5.33. The van der Waals surface area contributed by atoms with E-state index in [0.29, 0.717) is 22.6 Å². The van der Waals surface area contributed by atoms with E-state index in [1.807, 2.05) is 31.2 Å². The van der Waals surface area contributed by atoms with Crippen LogP contribution in [0.5, 0.6) is 0 Å². The van der Waals surface area contributed by atoms with Crippen LogP contribution in [0, 0.1) is 18.7 Å². The molecule has 0 bridgehead atoms. The van der Waals surface area contributed by atoms with Gasteiger partial charge in [0.15, 0.2) is 11.4 Å². The van der Waals surface area contributed by atoms with Crippen LogP contribution in [0.25, 0.3) is 33.3 Å². The molecule has 38 heavy (non-hydrogen) atoms. The van der Waals surface area contributed by atoms with Crippen molar-refractivity contribution in [3.63, 3.8) is 0 Å². The minimum absolute atomic E-state index is 0.113. The average Bonchev–Trinajstić information content (AvgIpc) is 3.51. The summed E-state index contributed by atoms with van der Waals surface area (Å²) in [7, 11) is 2.07. The Morgan fingerprint density at radius 2 is 1.79 bits per heavy atom. The quantitative estimate of drug-likeness (QED) is 0.226. The number of aryl methyl sites for hydroxylation is 1. The highest BCUT2D eigenvalue weighted by molar-refractivity contribution is 5.98. The van der Waals surface area contributed by atoms with E-state index in [0.717, 1.165) is 65.7 Å². The molecular weight excluding hydrogens is 483 g/mol. The van der Waals surface area contributed by atoms with Crippen LogP contribution in [0.4, 0.5) is 10.2 Å². The van der Waals surface area contributed by atoms with Crippen LogP contribution in [0.15, 0.2) is 54.6 Å². The predicted octanol–water partition coefficient (Wildman–Crippen LogP) is 5.16. The lowest BCUT2D eigenvalue weighted by Gasteiger charge is -2.27. The molecular formula is C29H29FN6O2. The number of nitrogens with zero attached hydrogens (tertiary/aromatic N) is 3. The zero-order valence-electron chi connectivity index (χ0n) is 21.3. The van der Waals surface area contributed by atoms with Gasteiger partial charge in [-0.1, -0.05) is 12.1 Å². The molecule has 6 rings (SSSR count). The summed E-state index contributed by atoms with van der Waals surface area (Å²) < 4.78 is 12.7. The highest BCUT2D eigenvalue weighted by Gasteiger charge is 2.24. The molecule has 0 amide bonds. The number of nitrogens with two attached hydrogens (primary N) is 1. The number of anilines is 1. The second kappa shape index (κ2) is 10.5. The second-order valence-corrected chi connectivity index (χ2v) is 9.71. The molecule has 1 aliphatic heterocycles. The number of hydrogen-bond donors (Lipinski definition) is 3. The normalized spacial score (nSPS) is 14.4. The topological polar surface area (TPSA) is 121 Å². The first kappa shape index (κ1) is 25.3. The van der Waals surface area contributed by atoms with Gasteiger partial charge in [-0.05, 0) is 82.4 Å². The number of imidazole rings is 1. The predicted molar refractivity (Wildman–Crippen MR) is 147 cm³/mol. The SMILES string of the molecule is CN1CCC(C(=O)c2ccc(F)cc2)CC1.Cc1nc2nc(N)cc(-c3cc4ccc(C=O)cc4[nH]3)c2[nH]1. The smallest absolute Gasteiger partial charge is 0.180 e. The minimum atomic E-state index is -0.292. The second-order valence-electron chi connectivity index (χ2n) is 9.71. The Morgan fingerprint density at radius 1 is 1.05 bits per heavy atom. The molecule has 1 aliphatic rings. The van der Waals surface area contributed by atoms with Gasteiger partial charge < -0.3 is 20.6 Å². The van der Waals surface area contributed by atoms with Crippen LogP contribution in [0.1, 0.15) is 39.4 Å². The number of hydrogen-bond acceptors (Lipinski definition) is 6. The van der Waals surface area contributed by atoms with Gasteiger partial charge in [0.05, 0.1) is 5.52 Å². The summed E-state index contributed by atoms with van der Waals surface area (Å²) in [5.74, 6) is 1.18. The maximum atomic E-state index is 12.7. The molecule has 1 saturated heterocycles. The van der Waals surface area contributed by atoms with Crippen LogP contribution in [-0.2, 0) is 0 Å². The van der Waals surface area contributed by atoms with Crippen molar-refractivity contribution >= 4 is 40.0 Å². The number of Topliss-reactive ketones (excluding diaryl/α,β-unsaturated/α-hetero) is 1. The Kier molecular flexibility index (Phi) is 7.02. The standard InChI is InChI=1S/C16H13N5O.C13H16FNO/c1-8-18-15-11(6-14(17)21-16(15)19-8)13-5-10-3-2-9(7-22)4-12(10)20-13;1-15-8-6-11(7-9-15)13(16)10-2-4-12(14)5-3-10/h2-7,20H,1H3,(H3,17,18,19,21);2-5,11H,6-9H2,1H3. The lowest BCUT2D eigenvalue weighted by molar-refractivity contribution is 0.0856. The molecule has 0 radical (unpaired) electrons. The molecule has 9 heteroatoms. The van der Waals surface area contributed by atoms with Crippen LogP contribution in [0.3, 0.4) is 0 Å².